The topological polar surface area (TPSA) is 286 Å². The van der Waals surface area contributed by atoms with Crippen LogP contribution < -0.4 is 10.6 Å². The minimum atomic E-state index is -1.96. The summed E-state index contributed by atoms with van der Waals surface area (Å²) in [6.45, 7) is 2.36. The van der Waals surface area contributed by atoms with Gasteiger partial charge in [-0.25, -0.2) is 0 Å². The van der Waals surface area contributed by atoms with Gasteiger partial charge in [-0.3, -0.25) is 9.59 Å². The molecule has 18 nitrogen and oxygen atoms in total. The van der Waals surface area contributed by atoms with Crippen LogP contribution in [0.25, 0.3) is 6.08 Å². The number of hydrogen-bond donors (Lipinski definition) is 11. The molecule has 3 fully saturated rings. The summed E-state index contributed by atoms with van der Waals surface area (Å²) < 4.78 is 28.1. The highest BCUT2D eigenvalue weighted by atomic mass is 16.7. The lowest BCUT2D eigenvalue weighted by molar-refractivity contribution is -0.365. The van der Waals surface area contributed by atoms with Crippen LogP contribution >= 0.6 is 0 Å². The molecule has 18 heteroatoms. The predicted octanol–water partition coefficient (Wildman–Crippen LogP) is -5.35. The molecule has 11 N–H and O–H groups in total. The minimum Gasteiger partial charge on any atom is -0.394 e. The molecule has 0 bridgehead atoms. The summed E-state index contributed by atoms with van der Waals surface area (Å²) in [6, 6.07) is 4.87. The highest BCUT2D eigenvalue weighted by Gasteiger charge is 2.53. The van der Waals surface area contributed by atoms with Gasteiger partial charge < -0.3 is 80.3 Å². The van der Waals surface area contributed by atoms with E-state index in [0.29, 0.717) is 0 Å². The zero-order valence-electron chi connectivity index (χ0n) is 25.3. The first kappa shape index (κ1) is 37.2. The maximum atomic E-state index is 12.7. The summed E-state index contributed by atoms with van der Waals surface area (Å²) in [5.41, 5.74) is 0.967. The van der Waals surface area contributed by atoms with Crippen LogP contribution in [-0.4, -0.2) is 170 Å². The molecule has 4 rings (SSSR count). The Kier molecular flexibility index (Phi) is 12.8. The summed E-state index contributed by atoms with van der Waals surface area (Å²) in [5.74, 6) is -1.31. The fraction of sp³-hybridized carbons (Fsp3) is 0.655. The van der Waals surface area contributed by atoms with E-state index in [2.05, 4.69) is 17.2 Å². The standard InChI is InChI=1S/C29H42N2O16/c1-3-12-4-6-13(7-5-12)26(42)31-27-22(40)20(38)24(15(9-33)43-27)47-29-23(41)21(39)25(16(10-34)45-29)46-28-17(30-11(2)35)19(37)18(36)14(8-32)44-28/h3-7,14-25,27-29,32-34,36-41H,1,8-10H2,2H3,(H,30,35)(H,31,42)/t14-,15-,16-,17-,18+,19-,20-,21-,22-,23-,24-,25+,27-,28+,29+/m1/s1. The first-order valence-electron chi connectivity index (χ1n) is 14.8. The minimum absolute atomic E-state index is 0.207. The summed E-state index contributed by atoms with van der Waals surface area (Å²) in [4.78, 5) is 24.5. The van der Waals surface area contributed by atoms with E-state index in [1.165, 1.54) is 12.1 Å². The highest BCUT2D eigenvalue weighted by molar-refractivity contribution is 5.94. The maximum Gasteiger partial charge on any atom is 0.253 e. The molecule has 0 radical (unpaired) electrons. The summed E-state index contributed by atoms with van der Waals surface area (Å²) in [7, 11) is 0. The van der Waals surface area contributed by atoms with E-state index in [1.807, 2.05) is 0 Å². The van der Waals surface area contributed by atoms with Gasteiger partial charge >= 0.3 is 0 Å². The van der Waals surface area contributed by atoms with Gasteiger partial charge in [-0.05, 0) is 17.7 Å². The van der Waals surface area contributed by atoms with E-state index in [4.69, 9.17) is 23.7 Å². The van der Waals surface area contributed by atoms with Gasteiger partial charge in [0.15, 0.2) is 18.8 Å². The van der Waals surface area contributed by atoms with Gasteiger partial charge in [-0.15, -0.1) is 0 Å². The van der Waals surface area contributed by atoms with Crippen LogP contribution in [0.4, 0.5) is 0 Å². The number of aliphatic hydroxyl groups is 9. The molecule has 0 aliphatic carbocycles. The van der Waals surface area contributed by atoms with Gasteiger partial charge in [0, 0.05) is 12.5 Å². The summed E-state index contributed by atoms with van der Waals surface area (Å²) in [5, 5.41) is 98.8. The van der Waals surface area contributed by atoms with Crippen molar-refractivity contribution < 1.29 is 79.2 Å². The molecule has 3 heterocycles. The number of amides is 2. The van der Waals surface area contributed by atoms with Crippen molar-refractivity contribution in [1.29, 1.82) is 0 Å². The molecule has 2 amide bonds. The van der Waals surface area contributed by atoms with Gasteiger partial charge in [-0.2, -0.15) is 0 Å². The molecule has 3 aliphatic rings. The first-order valence-corrected chi connectivity index (χ1v) is 14.8. The number of carbonyl (C=O) groups excluding carboxylic acids is 2. The second-order valence-corrected chi connectivity index (χ2v) is 11.4. The quantitative estimate of drug-likeness (QED) is 0.104. The largest absolute Gasteiger partial charge is 0.394 e. The van der Waals surface area contributed by atoms with E-state index in [9.17, 15) is 55.5 Å². The second-order valence-electron chi connectivity index (χ2n) is 11.4. The number of rotatable bonds is 11. The fourth-order valence-electron chi connectivity index (χ4n) is 5.59. The lowest BCUT2D eigenvalue weighted by Crippen LogP contribution is -2.68. The third-order valence-corrected chi connectivity index (χ3v) is 8.20. The van der Waals surface area contributed by atoms with Gasteiger partial charge in [0.25, 0.3) is 5.91 Å². The van der Waals surface area contributed by atoms with Crippen LogP contribution in [0, 0.1) is 0 Å². The van der Waals surface area contributed by atoms with Crippen LogP contribution in [-0.2, 0) is 28.5 Å². The smallest absolute Gasteiger partial charge is 0.253 e. The Morgan fingerprint density at radius 1 is 0.723 bits per heavy atom. The molecule has 264 valence electrons. The molecule has 0 unspecified atom stereocenters. The number of hydrogen-bond acceptors (Lipinski definition) is 16. The first-order chi connectivity index (χ1) is 22.3. The van der Waals surface area contributed by atoms with E-state index in [1.54, 1.807) is 18.2 Å². The van der Waals surface area contributed by atoms with Crippen LogP contribution in [0.1, 0.15) is 22.8 Å². The molecule has 1 aromatic carbocycles. The predicted molar refractivity (Wildman–Crippen MR) is 155 cm³/mol. The van der Waals surface area contributed by atoms with Crippen molar-refractivity contribution in [2.24, 2.45) is 0 Å². The van der Waals surface area contributed by atoms with Crippen LogP contribution in [0.3, 0.4) is 0 Å². The highest BCUT2D eigenvalue weighted by Crippen LogP contribution is 2.32. The van der Waals surface area contributed by atoms with Crippen molar-refractivity contribution in [3.63, 3.8) is 0 Å². The lowest BCUT2D eigenvalue weighted by Gasteiger charge is -2.48. The van der Waals surface area contributed by atoms with Crippen molar-refractivity contribution >= 4 is 17.9 Å². The Morgan fingerprint density at radius 3 is 1.81 bits per heavy atom. The molecule has 3 aliphatic heterocycles. The van der Waals surface area contributed by atoms with E-state index in [0.717, 1.165) is 12.5 Å². The molecule has 0 spiro atoms. The third-order valence-electron chi connectivity index (χ3n) is 8.20. The number of benzene rings is 1. The Bertz CT molecular complexity index is 1200. The fourth-order valence-corrected chi connectivity index (χ4v) is 5.59. The van der Waals surface area contributed by atoms with Gasteiger partial charge in [0.05, 0.1) is 19.8 Å². The SMILES string of the molecule is C=Cc1ccc(C(=O)N[C@@H]2O[C@H](CO)[C@@H](O[C@@H]3O[C@H](CO)[C@H](O[C@@H]4O[C@H](CO)[C@H](O)[C@H](O)[C@H]4NC(C)=O)[C@H](O)[C@H]3O)[C@H](O)[C@H]2O)cc1. The molecule has 15 atom stereocenters. The van der Waals surface area contributed by atoms with E-state index >= 15 is 0 Å². The Hall–Kier alpha value is -2.66. The molecular weight excluding hydrogens is 632 g/mol. The van der Waals surface area contributed by atoms with Crippen LogP contribution in [0.2, 0.25) is 0 Å². The van der Waals surface area contributed by atoms with Crippen LogP contribution in [0.15, 0.2) is 30.8 Å². The monoisotopic (exact) mass is 674 g/mol. The Labute approximate surface area is 268 Å². The Balaban J connectivity index is 1.45. The van der Waals surface area contributed by atoms with Crippen molar-refractivity contribution in [2.45, 2.75) is 98.9 Å². The van der Waals surface area contributed by atoms with E-state index < -0.39 is 124 Å². The molecule has 47 heavy (non-hydrogen) atoms. The van der Waals surface area contributed by atoms with Gasteiger partial charge in [-0.1, -0.05) is 24.8 Å². The summed E-state index contributed by atoms with van der Waals surface area (Å²) >= 11 is 0. The average molecular weight is 675 g/mol. The zero-order chi connectivity index (χ0) is 34.6. The van der Waals surface area contributed by atoms with Crippen molar-refractivity contribution in [1.82, 2.24) is 10.6 Å². The van der Waals surface area contributed by atoms with Gasteiger partial charge in [0.1, 0.15) is 73.2 Å². The second kappa shape index (κ2) is 16.2. The zero-order valence-corrected chi connectivity index (χ0v) is 25.3. The van der Waals surface area contributed by atoms with Crippen molar-refractivity contribution in [3.05, 3.63) is 42.0 Å². The van der Waals surface area contributed by atoms with Crippen molar-refractivity contribution in [3.8, 4) is 0 Å². The number of aliphatic hydroxyl groups excluding tert-OH is 9. The Morgan fingerprint density at radius 2 is 1.26 bits per heavy atom. The molecular formula is C29H42N2O16. The average Bonchev–Trinajstić information content (AvgIpc) is 3.06. The normalized spacial score (nSPS) is 40.8. The van der Waals surface area contributed by atoms with Crippen molar-refractivity contribution in [2.75, 3.05) is 19.8 Å². The molecule has 0 saturated carbocycles. The lowest BCUT2D eigenvalue weighted by atomic mass is 9.95. The number of carbonyl (C=O) groups is 2. The molecule has 3 saturated heterocycles. The third kappa shape index (κ3) is 8.15. The van der Waals surface area contributed by atoms with Gasteiger partial charge in [0.2, 0.25) is 5.91 Å². The number of ether oxygens (including phenoxy) is 5. The molecule has 0 aromatic heterocycles. The summed E-state index contributed by atoms with van der Waals surface area (Å²) in [6.07, 6.45) is -21.6. The number of nitrogens with one attached hydrogen (secondary N) is 2. The van der Waals surface area contributed by atoms with Crippen LogP contribution in [0.5, 0.6) is 0 Å². The molecule has 1 aromatic rings. The maximum absolute atomic E-state index is 12.7. The van der Waals surface area contributed by atoms with E-state index in [-0.39, 0.29) is 5.56 Å².